The molecular weight excluding hydrogens is 310 g/mol. The van der Waals surface area contributed by atoms with Crippen LogP contribution in [0, 0.1) is 0 Å². The summed E-state index contributed by atoms with van der Waals surface area (Å²) in [6, 6.07) is 0. The Kier molecular flexibility index (Phi) is 5.23. The summed E-state index contributed by atoms with van der Waals surface area (Å²) in [5.41, 5.74) is 5.72. The Hall–Kier alpha value is -1.55. The summed E-state index contributed by atoms with van der Waals surface area (Å²) in [5, 5.41) is 8.40. The van der Waals surface area contributed by atoms with Gasteiger partial charge in [0.05, 0.1) is 11.0 Å². The topological polar surface area (TPSA) is 107 Å². The van der Waals surface area contributed by atoms with Crippen molar-refractivity contribution in [1.82, 2.24) is 25.1 Å². The van der Waals surface area contributed by atoms with Crippen LogP contribution in [0.1, 0.15) is 23.9 Å². The largest absolute Gasteiger partial charge is 0.415 e. The highest BCUT2D eigenvalue weighted by molar-refractivity contribution is 7.99. The Morgan fingerprint density at radius 1 is 1.24 bits per heavy atom. The highest BCUT2D eigenvalue weighted by Gasteiger charge is 2.17. The van der Waals surface area contributed by atoms with Gasteiger partial charge >= 0.3 is 0 Å². The van der Waals surface area contributed by atoms with Crippen molar-refractivity contribution in [3.63, 3.8) is 0 Å². The van der Waals surface area contributed by atoms with E-state index in [1.54, 1.807) is 16.7 Å². The number of thioether (sulfide) groups is 2. The van der Waals surface area contributed by atoms with Crippen LogP contribution in [0.15, 0.2) is 9.64 Å². The minimum absolute atomic E-state index is 0.0726. The van der Waals surface area contributed by atoms with Crippen molar-refractivity contribution >= 4 is 35.4 Å². The van der Waals surface area contributed by atoms with Crippen LogP contribution in [-0.4, -0.2) is 45.5 Å². The zero-order valence-corrected chi connectivity index (χ0v) is 13.9. The monoisotopic (exact) mass is 327 g/mol. The molecule has 2 aromatic heterocycles. The fourth-order valence-electron chi connectivity index (χ4n) is 1.45. The van der Waals surface area contributed by atoms with E-state index in [1.807, 2.05) is 27.3 Å². The third-order valence-electron chi connectivity index (χ3n) is 2.42. The molecule has 2 rings (SSSR count). The molecule has 0 radical (unpaired) electrons. The minimum Gasteiger partial charge on any atom is -0.415 e. The third-order valence-corrected chi connectivity index (χ3v) is 3.88. The number of rotatable bonds is 6. The fourth-order valence-corrected chi connectivity index (χ4v) is 2.56. The first-order valence-corrected chi connectivity index (χ1v) is 8.43. The lowest BCUT2D eigenvalue weighted by Gasteiger charge is -2.13. The number of anilines is 2. The smallest absolute Gasteiger partial charge is 0.277 e. The molecular formula is C11H17N7OS2. The lowest BCUT2D eigenvalue weighted by atomic mass is 10.4. The second kappa shape index (κ2) is 6.94. The van der Waals surface area contributed by atoms with Gasteiger partial charge in [-0.3, -0.25) is 0 Å². The van der Waals surface area contributed by atoms with Gasteiger partial charge in [-0.05, 0) is 13.2 Å². The first-order valence-electron chi connectivity index (χ1n) is 6.16. The molecule has 1 atom stereocenters. The molecule has 21 heavy (non-hydrogen) atoms. The van der Waals surface area contributed by atoms with Gasteiger partial charge in [0.15, 0.2) is 0 Å². The molecule has 114 valence electrons. The fraction of sp³-hybridized carbons (Fsp3) is 0.545. The van der Waals surface area contributed by atoms with Gasteiger partial charge in [0.1, 0.15) is 5.82 Å². The summed E-state index contributed by atoms with van der Waals surface area (Å²) in [6.45, 7) is 1.96. The molecule has 2 aromatic rings. The molecule has 0 saturated carbocycles. The van der Waals surface area contributed by atoms with Gasteiger partial charge in [-0.2, -0.15) is 26.7 Å². The van der Waals surface area contributed by atoms with Gasteiger partial charge in [0, 0.05) is 14.1 Å². The summed E-state index contributed by atoms with van der Waals surface area (Å²) in [5.74, 6) is 2.62. The molecule has 0 aromatic carbocycles. The molecule has 0 fully saturated rings. The van der Waals surface area contributed by atoms with E-state index in [9.17, 15) is 0 Å². The van der Waals surface area contributed by atoms with Crippen LogP contribution < -0.4 is 10.6 Å². The predicted molar refractivity (Wildman–Crippen MR) is 84.4 cm³/mol. The van der Waals surface area contributed by atoms with Gasteiger partial charge in [-0.25, -0.2) is 0 Å². The number of hydrogen-bond acceptors (Lipinski definition) is 10. The highest BCUT2D eigenvalue weighted by atomic mass is 32.2. The molecule has 1 unspecified atom stereocenters. The molecule has 0 spiro atoms. The summed E-state index contributed by atoms with van der Waals surface area (Å²) in [4.78, 5) is 14.4. The molecule has 10 heteroatoms. The van der Waals surface area contributed by atoms with Crippen molar-refractivity contribution < 1.29 is 4.42 Å². The summed E-state index contributed by atoms with van der Waals surface area (Å²) >= 11 is 3.03. The standard InChI is InChI=1S/C11H17N7OS2/c1-6(21-11-17-16-7(19-11)5-20-4)8-13-9(12)15-10(14-8)18(2)3/h6H,5H2,1-4H3,(H2,12,13,14,15). The minimum atomic E-state index is -0.0726. The summed E-state index contributed by atoms with van der Waals surface area (Å²) < 4.78 is 5.53. The van der Waals surface area contributed by atoms with Crippen LogP contribution in [0.3, 0.4) is 0 Å². The molecule has 8 nitrogen and oxygen atoms in total. The maximum Gasteiger partial charge on any atom is 0.277 e. The van der Waals surface area contributed by atoms with Crippen LogP contribution in [0.5, 0.6) is 0 Å². The normalized spacial score (nSPS) is 12.4. The highest BCUT2D eigenvalue weighted by Crippen LogP contribution is 2.32. The van der Waals surface area contributed by atoms with Gasteiger partial charge in [-0.15, -0.1) is 10.2 Å². The molecule has 0 amide bonds. The van der Waals surface area contributed by atoms with Gasteiger partial charge in [0.25, 0.3) is 5.22 Å². The predicted octanol–water partition coefficient (Wildman–Crippen LogP) is 1.62. The van der Waals surface area contributed by atoms with Crippen molar-refractivity contribution in [2.45, 2.75) is 23.1 Å². The van der Waals surface area contributed by atoms with E-state index in [0.29, 0.717) is 28.6 Å². The zero-order chi connectivity index (χ0) is 15.4. The third kappa shape index (κ3) is 4.21. The quantitative estimate of drug-likeness (QED) is 0.786. The Bertz CT molecular complexity index is 604. The second-order valence-electron chi connectivity index (χ2n) is 4.40. The van der Waals surface area contributed by atoms with E-state index in [0.717, 1.165) is 0 Å². The van der Waals surface area contributed by atoms with E-state index in [1.165, 1.54) is 11.8 Å². The molecule has 0 aliphatic rings. The lowest BCUT2D eigenvalue weighted by Crippen LogP contribution is -2.16. The molecule has 0 saturated heterocycles. The number of nitrogen functional groups attached to an aromatic ring is 1. The first-order chi connectivity index (χ1) is 9.99. The molecule has 2 N–H and O–H groups in total. The number of nitrogens with two attached hydrogens (primary N) is 1. The Labute approximate surface area is 131 Å². The van der Waals surface area contributed by atoms with E-state index >= 15 is 0 Å². The SMILES string of the molecule is CSCc1nnc(SC(C)c2nc(N)nc(N(C)C)n2)o1. The average molecular weight is 327 g/mol. The number of nitrogens with zero attached hydrogens (tertiary/aromatic N) is 6. The van der Waals surface area contributed by atoms with Crippen LogP contribution >= 0.6 is 23.5 Å². The van der Waals surface area contributed by atoms with Gasteiger partial charge < -0.3 is 15.1 Å². The maximum absolute atomic E-state index is 5.72. The van der Waals surface area contributed by atoms with Gasteiger partial charge in [0.2, 0.25) is 17.8 Å². The summed E-state index contributed by atoms with van der Waals surface area (Å²) in [7, 11) is 3.70. The van der Waals surface area contributed by atoms with Crippen LogP contribution in [0.2, 0.25) is 0 Å². The molecule has 2 heterocycles. The molecule has 0 bridgehead atoms. The van der Waals surface area contributed by atoms with E-state index in [-0.39, 0.29) is 11.2 Å². The maximum atomic E-state index is 5.72. The van der Waals surface area contributed by atoms with Crippen molar-refractivity contribution in [3.05, 3.63) is 11.7 Å². The van der Waals surface area contributed by atoms with Crippen molar-refractivity contribution in [2.75, 3.05) is 31.0 Å². The molecule has 0 aliphatic carbocycles. The zero-order valence-electron chi connectivity index (χ0n) is 12.3. The van der Waals surface area contributed by atoms with Crippen molar-refractivity contribution in [2.24, 2.45) is 0 Å². The van der Waals surface area contributed by atoms with Crippen LogP contribution in [-0.2, 0) is 5.75 Å². The van der Waals surface area contributed by atoms with E-state index in [2.05, 4.69) is 25.1 Å². The number of hydrogen-bond donors (Lipinski definition) is 1. The number of aromatic nitrogens is 5. The van der Waals surface area contributed by atoms with Crippen LogP contribution in [0.25, 0.3) is 0 Å². The lowest BCUT2D eigenvalue weighted by molar-refractivity contribution is 0.426. The average Bonchev–Trinajstić information content (AvgIpc) is 2.85. The Balaban J connectivity index is 2.13. The second-order valence-corrected chi connectivity index (χ2v) is 6.56. The summed E-state index contributed by atoms with van der Waals surface area (Å²) in [6.07, 6.45) is 1.98. The first kappa shape index (κ1) is 15.8. The Morgan fingerprint density at radius 3 is 2.67 bits per heavy atom. The van der Waals surface area contributed by atoms with E-state index in [4.69, 9.17) is 10.2 Å². The molecule has 0 aliphatic heterocycles. The van der Waals surface area contributed by atoms with Gasteiger partial charge in [-0.1, -0.05) is 11.8 Å². The van der Waals surface area contributed by atoms with Crippen molar-refractivity contribution in [3.8, 4) is 0 Å². The van der Waals surface area contributed by atoms with Crippen molar-refractivity contribution in [1.29, 1.82) is 0 Å². The van der Waals surface area contributed by atoms with E-state index < -0.39 is 0 Å². The van der Waals surface area contributed by atoms with Crippen LogP contribution in [0.4, 0.5) is 11.9 Å². The Morgan fingerprint density at radius 2 is 2.00 bits per heavy atom.